The number of carbonyl (C=O) groups excluding carboxylic acids is 1. The number of aromatic nitrogens is 1. The van der Waals surface area contributed by atoms with Crippen molar-refractivity contribution in [2.24, 2.45) is 10.3 Å². The minimum absolute atomic E-state index is 0.0190. The first kappa shape index (κ1) is 18.7. The molecule has 0 saturated carbocycles. The molecule has 11 nitrogen and oxygen atoms in total. The van der Waals surface area contributed by atoms with E-state index in [1.807, 2.05) is 0 Å². The maximum absolute atomic E-state index is 11.6. The summed E-state index contributed by atoms with van der Waals surface area (Å²) in [5.41, 5.74) is 7.50. The summed E-state index contributed by atoms with van der Waals surface area (Å²) < 4.78 is 0. The second-order valence-corrected chi connectivity index (χ2v) is 5.52. The molecule has 6 N–H and O–H groups in total. The van der Waals surface area contributed by atoms with E-state index < -0.39 is 24.2 Å². The predicted molar refractivity (Wildman–Crippen MR) is 92.2 cm³/mol. The van der Waals surface area contributed by atoms with Gasteiger partial charge in [0.2, 0.25) is 5.71 Å². The number of nitrogens with one attached hydrogen (secondary N) is 1. The van der Waals surface area contributed by atoms with Gasteiger partial charge in [-0.25, -0.2) is 15.2 Å². The van der Waals surface area contributed by atoms with Crippen LogP contribution in [-0.4, -0.2) is 50.7 Å². The lowest BCUT2D eigenvalue weighted by atomic mass is 10.2. The van der Waals surface area contributed by atoms with E-state index in [1.54, 1.807) is 0 Å². The van der Waals surface area contributed by atoms with Gasteiger partial charge in [0, 0.05) is 5.38 Å². The number of oxime groups is 1. The van der Waals surface area contributed by atoms with E-state index in [-0.39, 0.29) is 22.3 Å². The van der Waals surface area contributed by atoms with Crippen molar-refractivity contribution in [3.05, 3.63) is 34.8 Å². The number of aromatic hydroxyl groups is 2. The molecule has 0 radical (unpaired) electrons. The second kappa shape index (κ2) is 8.43. The van der Waals surface area contributed by atoms with Gasteiger partial charge in [-0.1, -0.05) is 5.16 Å². The number of carbonyl (C=O) groups is 2. The van der Waals surface area contributed by atoms with Crippen molar-refractivity contribution in [2.75, 3.05) is 12.3 Å². The third-order valence-electron chi connectivity index (χ3n) is 2.72. The third-order valence-corrected chi connectivity index (χ3v) is 3.39. The lowest BCUT2D eigenvalue weighted by Crippen LogP contribution is -2.23. The van der Waals surface area contributed by atoms with E-state index in [1.165, 1.54) is 29.8 Å². The summed E-state index contributed by atoms with van der Waals surface area (Å²) in [7, 11) is 0. The molecule has 26 heavy (non-hydrogen) atoms. The monoisotopic (exact) mass is 379 g/mol. The fourth-order valence-corrected chi connectivity index (χ4v) is 2.13. The van der Waals surface area contributed by atoms with Gasteiger partial charge >= 0.3 is 5.97 Å². The normalized spacial score (nSPS) is 11.5. The fraction of sp³-hybridized carbons (Fsp3) is 0.0714. The van der Waals surface area contributed by atoms with Crippen LogP contribution in [0.3, 0.4) is 0 Å². The molecule has 2 aromatic rings. The van der Waals surface area contributed by atoms with Crippen LogP contribution in [0, 0.1) is 0 Å². The number of nitrogens with two attached hydrogens (primary N) is 1. The summed E-state index contributed by atoms with van der Waals surface area (Å²) in [5.74, 6) is -2.70. The number of rotatable bonds is 7. The largest absolute Gasteiger partial charge is 0.504 e. The third kappa shape index (κ3) is 5.17. The molecule has 0 aliphatic heterocycles. The Balaban J connectivity index is 1.88. The highest BCUT2D eigenvalue weighted by molar-refractivity contribution is 7.13. The van der Waals surface area contributed by atoms with Crippen LogP contribution in [0.4, 0.5) is 5.13 Å². The number of phenolic OH excluding ortho intramolecular Hbond substituents is 2. The molecule has 1 aromatic heterocycles. The molecule has 0 aliphatic carbocycles. The molecule has 0 spiro atoms. The van der Waals surface area contributed by atoms with Gasteiger partial charge in [0.25, 0.3) is 5.91 Å². The number of thiazole rings is 1. The van der Waals surface area contributed by atoms with E-state index in [4.69, 9.17) is 15.7 Å². The summed E-state index contributed by atoms with van der Waals surface area (Å²) in [4.78, 5) is 31.1. The zero-order valence-corrected chi connectivity index (χ0v) is 13.8. The van der Waals surface area contributed by atoms with Gasteiger partial charge in [0.05, 0.1) is 6.21 Å². The van der Waals surface area contributed by atoms with Gasteiger partial charge in [-0.05, 0) is 23.8 Å². The molecule has 0 bridgehead atoms. The SMILES string of the molecule is Nc1nc(/C(=N/OCC(=O)N/N=C/c2ccc(O)c(O)c2)C(=O)O)cs1. The van der Waals surface area contributed by atoms with E-state index >= 15 is 0 Å². The number of nitrogen functional groups attached to an aromatic ring is 1. The van der Waals surface area contributed by atoms with Crippen LogP contribution in [0.5, 0.6) is 11.5 Å². The molecule has 0 aliphatic rings. The number of anilines is 1. The number of hydrazone groups is 1. The first-order valence-electron chi connectivity index (χ1n) is 6.85. The summed E-state index contributed by atoms with van der Waals surface area (Å²) >= 11 is 1.04. The summed E-state index contributed by atoms with van der Waals surface area (Å²) in [6.07, 6.45) is 1.22. The van der Waals surface area contributed by atoms with Crippen LogP contribution in [-0.2, 0) is 14.4 Å². The Morgan fingerprint density at radius 2 is 2.12 bits per heavy atom. The number of amides is 1. The van der Waals surface area contributed by atoms with Crippen LogP contribution in [0.25, 0.3) is 0 Å². The number of nitrogens with zero attached hydrogens (tertiary/aromatic N) is 3. The van der Waals surface area contributed by atoms with E-state index in [2.05, 4.69) is 20.7 Å². The second-order valence-electron chi connectivity index (χ2n) is 4.63. The van der Waals surface area contributed by atoms with Gasteiger partial charge < -0.3 is 25.9 Å². The molecule has 1 amide bonds. The predicted octanol–water partition coefficient (Wildman–Crippen LogP) is 0.0921. The molecule has 1 heterocycles. The minimum Gasteiger partial charge on any atom is -0.504 e. The Hall–Kier alpha value is -3.67. The highest BCUT2D eigenvalue weighted by Crippen LogP contribution is 2.23. The number of carboxylic acids is 1. The van der Waals surface area contributed by atoms with Crippen molar-refractivity contribution in [2.45, 2.75) is 0 Å². The van der Waals surface area contributed by atoms with Crippen molar-refractivity contribution < 1.29 is 29.7 Å². The molecule has 2 rings (SSSR count). The number of hydrogen-bond donors (Lipinski definition) is 5. The van der Waals surface area contributed by atoms with Crippen LogP contribution >= 0.6 is 11.3 Å². The lowest BCUT2D eigenvalue weighted by molar-refractivity contribution is -0.130. The first-order valence-corrected chi connectivity index (χ1v) is 7.73. The summed E-state index contributed by atoms with van der Waals surface area (Å²) in [6.45, 7) is -0.589. The fourth-order valence-electron chi connectivity index (χ4n) is 1.58. The number of hydrogen-bond acceptors (Lipinski definition) is 10. The lowest BCUT2D eigenvalue weighted by Gasteiger charge is -2.01. The van der Waals surface area contributed by atoms with E-state index in [0.717, 1.165) is 11.3 Å². The standard InChI is InChI=1S/C14H13N5O6S/c15-14-17-8(6-26-14)12(13(23)24)19-25-5-11(22)18-16-4-7-1-2-9(20)10(21)3-7/h1-4,6,20-21H,5H2,(H2,15,17)(H,18,22)(H,23,24)/b16-4+,19-12-. The van der Waals surface area contributed by atoms with E-state index in [9.17, 15) is 19.8 Å². The molecule has 0 fully saturated rings. The van der Waals surface area contributed by atoms with Gasteiger partial charge in [-0.15, -0.1) is 11.3 Å². The van der Waals surface area contributed by atoms with Crippen LogP contribution in [0.15, 0.2) is 33.8 Å². The zero-order chi connectivity index (χ0) is 19.1. The van der Waals surface area contributed by atoms with Crippen LogP contribution in [0.2, 0.25) is 0 Å². The molecular formula is C14H13N5O6S. The average molecular weight is 379 g/mol. The van der Waals surface area contributed by atoms with Gasteiger partial charge in [-0.3, -0.25) is 4.79 Å². The Bertz CT molecular complexity index is 878. The Kier molecular flexibility index (Phi) is 6.06. The maximum Gasteiger partial charge on any atom is 0.360 e. The Morgan fingerprint density at radius 1 is 1.35 bits per heavy atom. The van der Waals surface area contributed by atoms with Gasteiger partial charge in [0.15, 0.2) is 23.2 Å². The molecule has 0 atom stereocenters. The molecule has 0 unspecified atom stereocenters. The number of carboxylic acid groups (broad SMARTS) is 1. The smallest absolute Gasteiger partial charge is 0.360 e. The van der Waals surface area contributed by atoms with Crippen LogP contribution in [0.1, 0.15) is 11.3 Å². The van der Waals surface area contributed by atoms with Gasteiger partial charge in [-0.2, -0.15) is 5.10 Å². The van der Waals surface area contributed by atoms with Crippen molar-refractivity contribution in [3.8, 4) is 11.5 Å². The molecule has 12 heteroatoms. The quantitative estimate of drug-likeness (QED) is 0.255. The van der Waals surface area contributed by atoms with E-state index in [0.29, 0.717) is 5.56 Å². The minimum atomic E-state index is -1.39. The van der Waals surface area contributed by atoms with Crippen molar-refractivity contribution in [1.82, 2.24) is 10.4 Å². The highest BCUT2D eigenvalue weighted by Gasteiger charge is 2.17. The molecule has 0 saturated heterocycles. The molecule has 136 valence electrons. The number of aliphatic carboxylic acids is 1. The zero-order valence-electron chi connectivity index (χ0n) is 13.0. The summed E-state index contributed by atoms with van der Waals surface area (Å²) in [6, 6.07) is 3.96. The number of phenols is 2. The summed E-state index contributed by atoms with van der Waals surface area (Å²) in [5, 5.41) is 36.1. The Labute approximate surface area is 150 Å². The topological polar surface area (TPSA) is 180 Å². The molecule has 1 aromatic carbocycles. The first-order chi connectivity index (χ1) is 12.4. The van der Waals surface area contributed by atoms with Gasteiger partial charge in [0.1, 0.15) is 5.69 Å². The number of benzene rings is 1. The maximum atomic E-state index is 11.6. The van der Waals surface area contributed by atoms with Crippen molar-refractivity contribution in [1.29, 1.82) is 0 Å². The van der Waals surface area contributed by atoms with Crippen LogP contribution < -0.4 is 11.2 Å². The van der Waals surface area contributed by atoms with Crippen molar-refractivity contribution in [3.63, 3.8) is 0 Å². The highest BCUT2D eigenvalue weighted by atomic mass is 32.1. The Morgan fingerprint density at radius 3 is 2.73 bits per heavy atom. The average Bonchev–Trinajstić information content (AvgIpc) is 3.00. The molecular weight excluding hydrogens is 366 g/mol. The van der Waals surface area contributed by atoms with Crippen molar-refractivity contribution >= 4 is 40.3 Å².